The molecule has 0 aliphatic rings. The van der Waals surface area contributed by atoms with Gasteiger partial charge in [-0.25, -0.2) is 4.39 Å². The van der Waals surface area contributed by atoms with Crippen LogP contribution in [0.15, 0.2) is 52.9 Å². The van der Waals surface area contributed by atoms with Crippen molar-refractivity contribution in [2.24, 2.45) is 0 Å². The van der Waals surface area contributed by atoms with Crippen molar-refractivity contribution in [1.29, 1.82) is 0 Å². The van der Waals surface area contributed by atoms with E-state index in [2.05, 4.69) is 10.2 Å². The Morgan fingerprint density at radius 1 is 1.04 bits per heavy atom. The number of quaternary nitrogens is 1. The number of aromatic nitrogens is 2. The smallest absolute Gasteiger partial charge is 0.271 e. The van der Waals surface area contributed by atoms with Gasteiger partial charge in [0.15, 0.2) is 6.54 Å². The van der Waals surface area contributed by atoms with Crippen LogP contribution in [-0.2, 0) is 13.1 Å². The summed E-state index contributed by atoms with van der Waals surface area (Å²) in [5, 5.41) is 8.54. The van der Waals surface area contributed by atoms with E-state index in [4.69, 9.17) is 16.0 Å². The molecule has 23 heavy (non-hydrogen) atoms. The largest absolute Gasteiger partial charge is 0.415 e. The highest BCUT2D eigenvalue weighted by atomic mass is 35.5. The van der Waals surface area contributed by atoms with Crippen molar-refractivity contribution >= 4 is 11.6 Å². The van der Waals surface area contributed by atoms with E-state index in [0.29, 0.717) is 35.5 Å². The Labute approximate surface area is 138 Å². The van der Waals surface area contributed by atoms with Gasteiger partial charge in [0, 0.05) is 5.56 Å². The van der Waals surface area contributed by atoms with E-state index in [0.717, 1.165) is 10.5 Å². The van der Waals surface area contributed by atoms with Crippen molar-refractivity contribution in [3.63, 3.8) is 0 Å². The predicted octanol–water partition coefficient (Wildman–Crippen LogP) is 2.74. The number of hydrogen-bond donors (Lipinski definition) is 1. The second-order valence-electron chi connectivity index (χ2n) is 5.38. The first-order valence-electron chi connectivity index (χ1n) is 7.25. The summed E-state index contributed by atoms with van der Waals surface area (Å²) in [6.07, 6.45) is 0. The molecule has 1 atom stereocenters. The molecule has 0 aliphatic carbocycles. The van der Waals surface area contributed by atoms with Gasteiger partial charge < -0.3 is 9.32 Å². The van der Waals surface area contributed by atoms with E-state index in [9.17, 15) is 4.39 Å². The predicted molar refractivity (Wildman–Crippen MR) is 85.4 cm³/mol. The number of benzene rings is 2. The summed E-state index contributed by atoms with van der Waals surface area (Å²) in [7, 11) is 1.93. The Morgan fingerprint density at radius 3 is 2.57 bits per heavy atom. The van der Waals surface area contributed by atoms with Crippen LogP contribution in [0.1, 0.15) is 11.5 Å². The topological polar surface area (TPSA) is 43.4 Å². The standard InChI is InChI=1S/C17H15ClFN3O/c1-22(10-13-14(18)8-5-9-15(13)19)11-16-20-21-17(23-16)12-6-3-2-4-7-12/h2-9H,10-11H2,1H3/p+1. The molecular weight excluding hydrogens is 317 g/mol. The summed E-state index contributed by atoms with van der Waals surface area (Å²) in [4.78, 5) is 1.00. The number of nitrogens with one attached hydrogen (secondary N) is 1. The fraction of sp³-hybridized carbons (Fsp3) is 0.176. The zero-order chi connectivity index (χ0) is 16.2. The fourth-order valence-electron chi connectivity index (χ4n) is 2.35. The molecule has 0 saturated heterocycles. The van der Waals surface area contributed by atoms with E-state index >= 15 is 0 Å². The molecule has 1 heterocycles. The quantitative estimate of drug-likeness (QED) is 0.781. The van der Waals surface area contributed by atoms with E-state index in [1.807, 2.05) is 37.4 Å². The van der Waals surface area contributed by atoms with Crippen LogP contribution in [-0.4, -0.2) is 17.2 Å². The Kier molecular flexibility index (Phi) is 4.69. The van der Waals surface area contributed by atoms with Gasteiger partial charge in [-0.3, -0.25) is 0 Å². The van der Waals surface area contributed by atoms with Crippen molar-refractivity contribution in [3.8, 4) is 11.5 Å². The van der Waals surface area contributed by atoms with Crippen molar-refractivity contribution in [3.05, 3.63) is 70.8 Å². The summed E-state index contributed by atoms with van der Waals surface area (Å²) in [6.45, 7) is 0.930. The molecule has 118 valence electrons. The SMILES string of the molecule is C[NH+](Cc1nnc(-c2ccccc2)o1)Cc1c(F)cccc1Cl. The van der Waals surface area contributed by atoms with E-state index < -0.39 is 0 Å². The zero-order valence-electron chi connectivity index (χ0n) is 12.6. The van der Waals surface area contributed by atoms with E-state index in [1.54, 1.807) is 12.1 Å². The van der Waals surface area contributed by atoms with Gasteiger partial charge in [-0.2, -0.15) is 0 Å². The lowest BCUT2D eigenvalue weighted by Crippen LogP contribution is -3.06. The average Bonchev–Trinajstić information content (AvgIpc) is 3.00. The van der Waals surface area contributed by atoms with Gasteiger partial charge in [0.1, 0.15) is 12.4 Å². The first kappa shape index (κ1) is 15.6. The van der Waals surface area contributed by atoms with Crippen LogP contribution < -0.4 is 4.90 Å². The minimum atomic E-state index is -0.299. The van der Waals surface area contributed by atoms with Gasteiger partial charge >= 0.3 is 0 Å². The molecule has 0 aliphatic heterocycles. The molecule has 4 nitrogen and oxygen atoms in total. The minimum absolute atomic E-state index is 0.299. The van der Waals surface area contributed by atoms with Crippen LogP contribution in [0.3, 0.4) is 0 Å². The molecule has 0 radical (unpaired) electrons. The molecule has 1 aromatic heterocycles. The molecule has 6 heteroatoms. The van der Waals surface area contributed by atoms with Crippen molar-refractivity contribution in [2.75, 3.05) is 7.05 Å². The van der Waals surface area contributed by atoms with Crippen molar-refractivity contribution in [2.45, 2.75) is 13.1 Å². The summed E-state index contributed by atoms with van der Waals surface area (Å²) < 4.78 is 19.5. The molecule has 0 amide bonds. The second-order valence-corrected chi connectivity index (χ2v) is 5.79. The highest BCUT2D eigenvalue weighted by molar-refractivity contribution is 6.31. The van der Waals surface area contributed by atoms with Crippen LogP contribution >= 0.6 is 11.6 Å². The third-order valence-electron chi connectivity index (χ3n) is 3.48. The highest BCUT2D eigenvalue weighted by Gasteiger charge is 2.16. The maximum Gasteiger partial charge on any atom is 0.271 e. The Morgan fingerprint density at radius 2 is 1.83 bits per heavy atom. The van der Waals surface area contributed by atoms with Crippen molar-refractivity contribution < 1.29 is 13.7 Å². The molecule has 3 aromatic rings. The number of rotatable bonds is 5. The fourth-order valence-corrected chi connectivity index (χ4v) is 2.58. The summed E-state index contributed by atoms with van der Waals surface area (Å²) in [6, 6.07) is 14.3. The lowest BCUT2D eigenvalue weighted by molar-refractivity contribution is -0.909. The van der Waals surface area contributed by atoms with Crippen LogP contribution in [0.4, 0.5) is 4.39 Å². The van der Waals surface area contributed by atoms with E-state index in [1.165, 1.54) is 6.07 Å². The third-order valence-corrected chi connectivity index (χ3v) is 3.83. The molecule has 0 spiro atoms. The minimum Gasteiger partial charge on any atom is -0.415 e. The molecule has 0 bridgehead atoms. The van der Waals surface area contributed by atoms with Crippen LogP contribution in [0, 0.1) is 5.82 Å². The maximum absolute atomic E-state index is 13.8. The second kappa shape index (κ2) is 6.89. The third kappa shape index (κ3) is 3.75. The molecule has 1 unspecified atom stereocenters. The monoisotopic (exact) mass is 332 g/mol. The number of halogens is 2. The molecule has 0 saturated carbocycles. The lowest BCUT2D eigenvalue weighted by Gasteiger charge is -2.13. The molecule has 3 rings (SSSR count). The zero-order valence-corrected chi connectivity index (χ0v) is 13.3. The summed E-state index contributed by atoms with van der Waals surface area (Å²) in [5.74, 6) is 0.693. The first-order chi connectivity index (χ1) is 11.1. The van der Waals surface area contributed by atoms with Gasteiger partial charge in [0.2, 0.25) is 5.89 Å². The summed E-state index contributed by atoms with van der Waals surface area (Å²) in [5.41, 5.74) is 1.37. The first-order valence-corrected chi connectivity index (χ1v) is 7.63. The van der Waals surface area contributed by atoms with Gasteiger partial charge in [-0.1, -0.05) is 35.9 Å². The van der Waals surface area contributed by atoms with E-state index in [-0.39, 0.29) is 5.82 Å². The maximum atomic E-state index is 13.8. The van der Waals surface area contributed by atoms with Crippen LogP contribution in [0.2, 0.25) is 5.02 Å². The highest BCUT2D eigenvalue weighted by Crippen LogP contribution is 2.18. The average molecular weight is 333 g/mol. The van der Waals surface area contributed by atoms with Gasteiger partial charge in [0.25, 0.3) is 5.89 Å². The molecule has 0 fully saturated rings. The van der Waals surface area contributed by atoms with Crippen LogP contribution in [0.25, 0.3) is 11.5 Å². The summed E-state index contributed by atoms with van der Waals surface area (Å²) >= 11 is 6.06. The Hall–Kier alpha value is -2.24. The Bertz CT molecular complexity index is 771. The van der Waals surface area contributed by atoms with Crippen LogP contribution in [0.5, 0.6) is 0 Å². The van der Waals surface area contributed by atoms with Gasteiger partial charge in [-0.05, 0) is 24.3 Å². The molecular formula is C17H16ClFN3O+. The molecule has 1 N–H and O–H groups in total. The van der Waals surface area contributed by atoms with Crippen molar-refractivity contribution in [1.82, 2.24) is 10.2 Å². The van der Waals surface area contributed by atoms with Gasteiger partial charge in [-0.15, -0.1) is 10.2 Å². The lowest BCUT2D eigenvalue weighted by atomic mass is 10.2. The molecule has 2 aromatic carbocycles. The Balaban J connectivity index is 1.69. The number of nitrogens with zero attached hydrogens (tertiary/aromatic N) is 2. The normalized spacial score (nSPS) is 12.3. The van der Waals surface area contributed by atoms with Gasteiger partial charge in [0.05, 0.1) is 17.6 Å². The number of hydrogen-bond acceptors (Lipinski definition) is 3.